The van der Waals surface area contributed by atoms with Gasteiger partial charge in [-0.05, 0) is 31.7 Å². The Balaban J connectivity index is 1.67. The van der Waals surface area contributed by atoms with E-state index in [1.807, 2.05) is 61.6 Å². The molecule has 27 heavy (non-hydrogen) atoms. The molecule has 3 rings (SSSR count). The molecular weight excluding hydrogens is 336 g/mol. The molecule has 0 fully saturated rings. The van der Waals surface area contributed by atoms with E-state index >= 15 is 0 Å². The van der Waals surface area contributed by atoms with Gasteiger partial charge in [0.05, 0.1) is 12.3 Å². The van der Waals surface area contributed by atoms with Crippen LogP contribution in [-0.2, 0) is 13.1 Å². The number of nitrogen functional groups attached to an aromatic ring is 1. The average Bonchev–Trinajstić information content (AvgIpc) is 2.63. The molecule has 0 radical (unpaired) electrons. The number of benzene rings is 2. The van der Waals surface area contributed by atoms with Gasteiger partial charge in [0.15, 0.2) is 5.69 Å². The molecule has 6 heteroatoms. The van der Waals surface area contributed by atoms with Gasteiger partial charge in [-0.25, -0.2) is 9.83 Å². The maximum Gasteiger partial charge on any atom is 0.222 e. The predicted molar refractivity (Wildman–Crippen MR) is 109 cm³/mol. The fourth-order valence-corrected chi connectivity index (χ4v) is 2.77. The van der Waals surface area contributed by atoms with Gasteiger partial charge in [-0.15, -0.1) is 0 Å². The van der Waals surface area contributed by atoms with E-state index < -0.39 is 0 Å². The van der Waals surface area contributed by atoms with E-state index in [9.17, 15) is 0 Å². The third kappa shape index (κ3) is 5.27. The largest absolute Gasteiger partial charge is 0.368 e. The number of rotatable bonds is 6. The highest BCUT2D eigenvalue weighted by Gasteiger charge is 2.07. The normalized spacial score (nSPS) is 10.6. The van der Waals surface area contributed by atoms with Gasteiger partial charge >= 0.3 is 0 Å². The number of nitrogens with two attached hydrogens (primary N) is 1. The summed E-state index contributed by atoms with van der Waals surface area (Å²) in [6.07, 6.45) is 0. The van der Waals surface area contributed by atoms with Crippen LogP contribution in [0, 0.1) is 13.5 Å². The van der Waals surface area contributed by atoms with Crippen LogP contribution in [0.15, 0.2) is 54.6 Å². The number of hydrogen-bond donors (Lipinski definition) is 2. The van der Waals surface area contributed by atoms with Crippen molar-refractivity contribution in [2.45, 2.75) is 20.0 Å². The second-order valence-electron chi connectivity index (χ2n) is 6.54. The smallest absolute Gasteiger partial charge is 0.222 e. The van der Waals surface area contributed by atoms with Crippen LogP contribution in [0.3, 0.4) is 0 Å². The lowest BCUT2D eigenvalue weighted by Gasteiger charge is -2.17. The summed E-state index contributed by atoms with van der Waals surface area (Å²) in [6.45, 7) is 10.5. The molecule has 0 saturated heterocycles. The Morgan fingerprint density at radius 3 is 2.41 bits per heavy atom. The summed E-state index contributed by atoms with van der Waals surface area (Å²) in [7, 11) is 2.02. The van der Waals surface area contributed by atoms with Crippen LogP contribution in [0.2, 0.25) is 0 Å². The average molecular weight is 358 g/mol. The highest BCUT2D eigenvalue weighted by atomic mass is 15.1. The fourth-order valence-electron chi connectivity index (χ4n) is 2.77. The van der Waals surface area contributed by atoms with Crippen LogP contribution in [0.25, 0.3) is 4.85 Å². The highest BCUT2D eigenvalue weighted by molar-refractivity contribution is 5.57. The monoisotopic (exact) mass is 358 g/mol. The van der Waals surface area contributed by atoms with Crippen LogP contribution in [0.1, 0.15) is 16.8 Å². The second kappa shape index (κ2) is 8.30. The maximum absolute atomic E-state index is 7.02. The van der Waals surface area contributed by atoms with E-state index in [0.29, 0.717) is 18.1 Å². The van der Waals surface area contributed by atoms with Crippen molar-refractivity contribution in [2.24, 2.45) is 0 Å². The molecule has 0 aliphatic rings. The molecule has 0 amide bonds. The van der Waals surface area contributed by atoms with Crippen molar-refractivity contribution in [1.29, 1.82) is 0 Å². The zero-order valence-corrected chi connectivity index (χ0v) is 15.5. The zero-order valence-electron chi connectivity index (χ0n) is 15.5. The second-order valence-corrected chi connectivity index (χ2v) is 6.54. The van der Waals surface area contributed by atoms with Crippen molar-refractivity contribution in [1.82, 2.24) is 14.9 Å². The number of aryl methyl sites for hydroxylation is 1. The number of nitrogens with one attached hydrogen (secondary N) is 1. The Morgan fingerprint density at radius 1 is 1.04 bits per heavy atom. The molecule has 2 aromatic carbocycles. The van der Waals surface area contributed by atoms with Gasteiger partial charge in [-0.1, -0.05) is 42.0 Å². The Kier molecular flexibility index (Phi) is 5.64. The topological polar surface area (TPSA) is 71.4 Å². The van der Waals surface area contributed by atoms with Crippen molar-refractivity contribution >= 4 is 23.1 Å². The maximum atomic E-state index is 7.02. The zero-order chi connectivity index (χ0) is 19.2. The molecule has 136 valence electrons. The summed E-state index contributed by atoms with van der Waals surface area (Å²) >= 11 is 0. The molecule has 0 spiro atoms. The van der Waals surface area contributed by atoms with Crippen molar-refractivity contribution in [3.05, 3.63) is 82.8 Å². The Morgan fingerprint density at radius 2 is 1.74 bits per heavy atom. The van der Waals surface area contributed by atoms with Gasteiger partial charge in [0, 0.05) is 24.8 Å². The van der Waals surface area contributed by atoms with E-state index in [0.717, 1.165) is 23.5 Å². The van der Waals surface area contributed by atoms with Gasteiger partial charge in [0.25, 0.3) is 0 Å². The third-order valence-corrected chi connectivity index (χ3v) is 4.07. The first-order chi connectivity index (χ1) is 13.0. The predicted octanol–water partition coefficient (Wildman–Crippen LogP) is 4.29. The molecule has 1 aromatic heterocycles. The molecule has 0 bridgehead atoms. The first-order valence-electron chi connectivity index (χ1n) is 8.64. The van der Waals surface area contributed by atoms with Crippen LogP contribution in [0.4, 0.5) is 23.1 Å². The lowest BCUT2D eigenvalue weighted by molar-refractivity contribution is 0.315. The van der Waals surface area contributed by atoms with Gasteiger partial charge in [-0.2, -0.15) is 4.98 Å². The van der Waals surface area contributed by atoms with E-state index in [1.54, 1.807) is 0 Å². The van der Waals surface area contributed by atoms with Crippen molar-refractivity contribution < 1.29 is 0 Å². The van der Waals surface area contributed by atoms with E-state index in [2.05, 4.69) is 32.0 Å². The third-order valence-electron chi connectivity index (χ3n) is 4.07. The van der Waals surface area contributed by atoms with E-state index in [1.165, 1.54) is 5.56 Å². The first-order valence-corrected chi connectivity index (χ1v) is 8.64. The summed E-state index contributed by atoms with van der Waals surface area (Å²) < 4.78 is 0. The fraction of sp³-hybridized carbons (Fsp3) is 0.190. The molecule has 0 aliphatic heterocycles. The summed E-state index contributed by atoms with van der Waals surface area (Å²) in [5.74, 6) is 0.924. The van der Waals surface area contributed by atoms with Crippen LogP contribution < -0.4 is 11.1 Å². The van der Waals surface area contributed by atoms with Crippen molar-refractivity contribution in [3.63, 3.8) is 0 Å². The number of nitrogens with zero attached hydrogens (tertiary/aromatic N) is 4. The lowest BCUT2D eigenvalue weighted by atomic mass is 10.2. The molecular formula is C21H22N6. The van der Waals surface area contributed by atoms with Gasteiger partial charge in [0.1, 0.15) is 5.82 Å². The molecule has 0 aliphatic carbocycles. The SMILES string of the molecule is [C-]#[N+]c1ccc(CN(C)Cc2cc(Nc3ccc(C)cc3)nc(N)n2)cc1. The quantitative estimate of drug-likeness (QED) is 0.643. The van der Waals surface area contributed by atoms with Crippen LogP contribution >= 0.6 is 0 Å². The summed E-state index contributed by atoms with van der Waals surface area (Å²) in [5.41, 5.74) is 10.7. The van der Waals surface area contributed by atoms with Crippen LogP contribution in [-0.4, -0.2) is 21.9 Å². The van der Waals surface area contributed by atoms with Crippen molar-refractivity contribution in [3.8, 4) is 0 Å². The Hall–Kier alpha value is -3.43. The molecule has 0 saturated carbocycles. The standard InChI is InChI=1S/C21H22N6/c1-15-4-8-18(9-5-15)24-20-12-19(25-21(22)26-20)14-27(3)13-16-6-10-17(23-2)11-7-16/h4-12H,13-14H2,1,3H3,(H3,22,24,25,26). The minimum Gasteiger partial charge on any atom is -0.368 e. The minimum absolute atomic E-state index is 0.247. The molecule has 1 heterocycles. The molecule has 3 N–H and O–H groups in total. The molecule has 0 unspecified atom stereocenters. The van der Waals surface area contributed by atoms with Gasteiger partial charge in [0.2, 0.25) is 5.95 Å². The lowest BCUT2D eigenvalue weighted by Crippen LogP contribution is -2.18. The molecule has 0 atom stereocenters. The van der Waals surface area contributed by atoms with Gasteiger partial charge < -0.3 is 11.1 Å². The Bertz CT molecular complexity index is 942. The highest BCUT2D eigenvalue weighted by Crippen LogP contribution is 2.18. The number of aromatic nitrogens is 2. The van der Waals surface area contributed by atoms with Gasteiger partial charge in [-0.3, -0.25) is 4.90 Å². The summed E-state index contributed by atoms with van der Waals surface area (Å²) in [5, 5.41) is 3.27. The minimum atomic E-state index is 0.247. The number of hydrogen-bond acceptors (Lipinski definition) is 5. The summed E-state index contributed by atoms with van der Waals surface area (Å²) in [6, 6.07) is 17.6. The number of anilines is 3. The molecule has 6 nitrogen and oxygen atoms in total. The first kappa shape index (κ1) is 18.4. The van der Waals surface area contributed by atoms with E-state index in [4.69, 9.17) is 12.3 Å². The molecule has 3 aromatic rings. The van der Waals surface area contributed by atoms with Crippen molar-refractivity contribution in [2.75, 3.05) is 18.1 Å². The summed E-state index contributed by atoms with van der Waals surface area (Å²) in [4.78, 5) is 14.2. The Labute approximate surface area is 159 Å². The van der Waals surface area contributed by atoms with E-state index in [-0.39, 0.29) is 5.95 Å². The van der Waals surface area contributed by atoms with Crippen LogP contribution in [0.5, 0.6) is 0 Å².